The SMILES string of the molecule is CC(C)(C)S(=O)(=O)C(C#N)=Cc1sccc1C=O. The van der Waals surface area contributed by atoms with Gasteiger partial charge in [-0.05, 0) is 38.3 Å². The summed E-state index contributed by atoms with van der Waals surface area (Å²) in [7, 11) is -3.70. The summed E-state index contributed by atoms with van der Waals surface area (Å²) in [6.45, 7) is 4.59. The first-order chi connectivity index (χ1) is 8.24. The molecule has 0 aliphatic rings. The van der Waals surface area contributed by atoms with Crippen LogP contribution < -0.4 is 0 Å². The van der Waals surface area contributed by atoms with E-state index in [0.717, 1.165) is 0 Å². The Balaban J connectivity index is 3.38. The largest absolute Gasteiger partial charge is 0.298 e. The zero-order valence-electron chi connectivity index (χ0n) is 10.3. The van der Waals surface area contributed by atoms with Gasteiger partial charge in [0.05, 0.1) is 4.75 Å². The van der Waals surface area contributed by atoms with Gasteiger partial charge in [0.15, 0.2) is 16.1 Å². The van der Waals surface area contributed by atoms with Crippen molar-refractivity contribution in [2.24, 2.45) is 0 Å². The van der Waals surface area contributed by atoms with Gasteiger partial charge >= 0.3 is 0 Å². The molecular weight excluding hydrogens is 270 g/mol. The number of hydrogen-bond donors (Lipinski definition) is 0. The zero-order chi connectivity index (χ0) is 14.0. The monoisotopic (exact) mass is 283 g/mol. The van der Waals surface area contributed by atoms with Crippen molar-refractivity contribution in [3.05, 3.63) is 26.8 Å². The molecule has 0 radical (unpaired) electrons. The molecule has 0 aliphatic carbocycles. The van der Waals surface area contributed by atoms with Gasteiger partial charge in [0.2, 0.25) is 0 Å². The molecule has 1 heterocycles. The third kappa shape index (κ3) is 2.68. The molecule has 0 bridgehead atoms. The van der Waals surface area contributed by atoms with Gasteiger partial charge in [0, 0.05) is 10.4 Å². The zero-order valence-corrected chi connectivity index (χ0v) is 11.9. The maximum atomic E-state index is 12.1. The maximum absolute atomic E-state index is 12.1. The fourth-order valence-electron chi connectivity index (χ4n) is 1.16. The number of carbonyl (C=O) groups is 1. The Morgan fingerprint density at radius 3 is 2.50 bits per heavy atom. The number of allylic oxidation sites excluding steroid dienone is 1. The van der Waals surface area contributed by atoms with Crippen molar-refractivity contribution in [1.29, 1.82) is 5.26 Å². The molecular formula is C12H13NO3S2. The molecule has 0 atom stereocenters. The van der Waals surface area contributed by atoms with Crippen LogP contribution in [0.1, 0.15) is 36.0 Å². The molecule has 0 spiro atoms. The highest BCUT2D eigenvalue weighted by Gasteiger charge is 2.33. The van der Waals surface area contributed by atoms with E-state index < -0.39 is 14.6 Å². The Labute approximate surface area is 110 Å². The van der Waals surface area contributed by atoms with Crippen molar-refractivity contribution < 1.29 is 13.2 Å². The number of rotatable bonds is 3. The minimum atomic E-state index is -3.70. The molecule has 18 heavy (non-hydrogen) atoms. The lowest BCUT2D eigenvalue weighted by molar-refractivity contribution is 0.112. The van der Waals surface area contributed by atoms with Gasteiger partial charge in [-0.1, -0.05) is 0 Å². The summed E-state index contributed by atoms with van der Waals surface area (Å²) in [4.78, 5) is 10.9. The summed E-state index contributed by atoms with van der Waals surface area (Å²) in [6, 6.07) is 3.29. The van der Waals surface area contributed by atoms with Crippen LogP contribution in [0.15, 0.2) is 16.4 Å². The predicted molar refractivity (Wildman–Crippen MR) is 72.0 cm³/mol. The number of thiophene rings is 1. The smallest absolute Gasteiger partial charge is 0.193 e. The van der Waals surface area contributed by atoms with Crippen molar-refractivity contribution >= 4 is 33.5 Å². The van der Waals surface area contributed by atoms with Crippen LogP contribution in [0, 0.1) is 11.3 Å². The van der Waals surface area contributed by atoms with E-state index in [9.17, 15) is 13.2 Å². The number of nitriles is 1. The Hall–Kier alpha value is -1.45. The van der Waals surface area contributed by atoms with Gasteiger partial charge < -0.3 is 0 Å². The minimum absolute atomic E-state index is 0.319. The molecule has 0 N–H and O–H groups in total. The van der Waals surface area contributed by atoms with Crippen LogP contribution in [0.5, 0.6) is 0 Å². The van der Waals surface area contributed by atoms with E-state index in [2.05, 4.69) is 0 Å². The summed E-state index contributed by atoms with van der Waals surface area (Å²) in [5, 5.41) is 10.7. The maximum Gasteiger partial charge on any atom is 0.193 e. The van der Waals surface area contributed by atoms with Crippen molar-refractivity contribution in [2.75, 3.05) is 0 Å². The summed E-state index contributed by atoms with van der Waals surface area (Å²) < 4.78 is 23.2. The van der Waals surface area contributed by atoms with E-state index in [-0.39, 0.29) is 4.91 Å². The second-order valence-electron chi connectivity index (χ2n) is 4.59. The summed E-state index contributed by atoms with van der Waals surface area (Å²) in [6.07, 6.45) is 1.90. The molecule has 1 rings (SSSR count). The van der Waals surface area contributed by atoms with Gasteiger partial charge in [-0.25, -0.2) is 8.42 Å². The summed E-state index contributed by atoms with van der Waals surface area (Å²) in [5.41, 5.74) is 0.386. The van der Waals surface area contributed by atoms with Crippen LogP contribution in [0.3, 0.4) is 0 Å². The summed E-state index contributed by atoms with van der Waals surface area (Å²) in [5.74, 6) is 0. The highest BCUT2D eigenvalue weighted by molar-refractivity contribution is 7.97. The van der Waals surface area contributed by atoms with Crippen LogP contribution >= 0.6 is 11.3 Å². The van der Waals surface area contributed by atoms with E-state index >= 15 is 0 Å². The third-order valence-electron chi connectivity index (χ3n) is 2.32. The Kier molecular flexibility index (Phi) is 4.09. The van der Waals surface area contributed by atoms with Crippen molar-refractivity contribution in [3.63, 3.8) is 0 Å². The van der Waals surface area contributed by atoms with Crippen LogP contribution in [-0.2, 0) is 9.84 Å². The van der Waals surface area contributed by atoms with Crippen molar-refractivity contribution in [3.8, 4) is 6.07 Å². The lowest BCUT2D eigenvalue weighted by atomic mass is 10.2. The van der Waals surface area contributed by atoms with Crippen LogP contribution in [0.4, 0.5) is 0 Å². The number of hydrogen-bond acceptors (Lipinski definition) is 5. The second-order valence-corrected chi connectivity index (χ2v) is 8.21. The molecule has 1 aromatic rings. The van der Waals surface area contributed by atoms with Crippen molar-refractivity contribution in [1.82, 2.24) is 0 Å². The first-order valence-corrected chi connectivity index (χ1v) is 7.49. The van der Waals surface area contributed by atoms with E-state index in [1.165, 1.54) is 38.2 Å². The lowest BCUT2D eigenvalue weighted by Crippen LogP contribution is -2.28. The molecule has 96 valence electrons. The average Bonchev–Trinajstić information content (AvgIpc) is 2.71. The van der Waals surface area contributed by atoms with E-state index in [0.29, 0.717) is 16.7 Å². The quantitative estimate of drug-likeness (QED) is 0.631. The average molecular weight is 283 g/mol. The normalized spacial score (nSPS) is 13.1. The van der Waals surface area contributed by atoms with Gasteiger partial charge in [-0.2, -0.15) is 5.26 Å². The topological polar surface area (TPSA) is 75.0 Å². The number of sulfone groups is 1. The number of carbonyl (C=O) groups excluding carboxylic acids is 1. The molecule has 0 saturated carbocycles. The molecule has 0 aromatic carbocycles. The Morgan fingerprint density at radius 1 is 1.44 bits per heavy atom. The van der Waals surface area contributed by atoms with Crippen LogP contribution in [-0.4, -0.2) is 19.5 Å². The highest BCUT2D eigenvalue weighted by Crippen LogP contribution is 2.27. The predicted octanol–water partition coefficient (Wildman–Crippen LogP) is 2.64. The van der Waals surface area contributed by atoms with Crippen molar-refractivity contribution in [2.45, 2.75) is 25.5 Å². The minimum Gasteiger partial charge on any atom is -0.298 e. The van der Waals surface area contributed by atoms with Crippen LogP contribution in [0.25, 0.3) is 6.08 Å². The molecule has 0 fully saturated rings. The Morgan fingerprint density at radius 2 is 2.06 bits per heavy atom. The first-order valence-electron chi connectivity index (χ1n) is 5.13. The standard InChI is InChI=1S/C12H13NO3S2/c1-12(2,3)18(15,16)10(7-13)6-11-9(8-14)4-5-17-11/h4-6,8H,1-3H3. The molecule has 0 aliphatic heterocycles. The van der Waals surface area contributed by atoms with Crippen LogP contribution in [0.2, 0.25) is 0 Å². The fraction of sp³-hybridized carbons (Fsp3) is 0.333. The van der Waals surface area contributed by atoms with Gasteiger partial charge in [-0.15, -0.1) is 11.3 Å². The van der Waals surface area contributed by atoms with Gasteiger partial charge in [0.25, 0.3) is 0 Å². The van der Waals surface area contributed by atoms with E-state index in [4.69, 9.17) is 5.26 Å². The lowest BCUT2D eigenvalue weighted by Gasteiger charge is -2.18. The highest BCUT2D eigenvalue weighted by atomic mass is 32.2. The van der Waals surface area contributed by atoms with E-state index in [1.54, 1.807) is 17.5 Å². The molecule has 0 unspecified atom stereocenters. The van der Waals surface area contributed by atoms with Gasteiger partial charge in [-0.3, -0.25) is 4.79 Å². The second kappa shape index (κ2) is 5.04. The molecule has 1 aromatic heterocycles. The van der Waals surface area contributed by atoms with E-state index in [1.807, 2.05) is 0 Å². The number of aldehydes is 1. The Bertz CT molecular complexity index is 625. The molecule has 0 amide bonds. The molecule has 6 heteroatoms. The fourth-order valence-corrected chi connectivity index (χ4v) is 3.09. The van der Waals surface area contributed by atoms with Gasteiger partial charge in [0.1, 0.15) is 11.0 Å². The summed E-state index contributed by atoms with van der Waals surface area (Å²) >= 11 is 1.22. The molecule has 0 saturated heterocycles. The third-order valence-corrected chi connectivity index (χ3v) is 5.60. The number of nitrogens with zero attached hydrogens (tertiary/aromatic N) is 1. The first kappa shape index (κ1) is 14.6. The molecule has 4 nitrogen and oxygen atoms in total.